The molecule has 0 spiro atoms. The van der Waals surface area contributed by atoms with Crippen molar-refractivity contribution in [2.24, 2.45) is 34.7 Å². The number of allylic oxidation sites excluding steroid dienone is 2. The molecule has 2 aliphatic carbocycles. The molecule has 0 bridgehead atoms. The van der Waals surface area contributed by atoms with E-state index in [1.807, 2.05) is 5.01 Å². The van der Waals surface area contributed by atoms with Crippen molar-refractivity contribution in [1.29, 1.82) is 0 Å². The highest BCUT2D eigenvalue weighted by Gasteiger charge is 2.48. The summed E-state index contributed by atoms with van der Waals surface area (Å²) in [5.74, 6) is 8.12. The van der Waals surface area contributed by atoms with Gasteiger partial charge in [0, 0.05) is 24.5 Å². The Hall–Kier alpha value is -0.740. The van der Waals surface area contributed by atoms with Crippen LogP contribution in [0.2, 0.25) is 0 Å². The van der Waals surface area contributed by atoms with Gasteiger partial charge in [-0.1, -0.05) is 20.8 Å². The lowest BCUT2D eigenvalue weighted by Crippen LogP contribution is -2.39. The summed E-state index contributed by atoms with van der Waals surface area (Å²) < 4.78 is 0. The molecule has 2 rings (SSSR count). The zero-order valence-electron chi connectivity index (χ0n) is 12.5. The van der Waals surface area contributed by atoms with E-state index in [9.17, 15) is 5.11 Å². The molecule has 0 amide bonds. The number of nitrogens with zero attached hydrogens (tertiary/aromatic N) is 1. The highest BCUT2D eigenvalue weighted by Crippen LogP contribution is 2.53. The Morgan fingerprint density at radius 1 is 1.21 bits per heavy atom. The van der Waals surface area contributed by atoms with Crippen molar-refractivity contribution >= 4 is 0 Å². The predicted octanol–water partition coefficient (Wildman–Crippen LogP) is 1.81. The molecule has 1 fully saturated rings. The normalized spacial score (nSPS) is 35.3. The molecular weight excluding hydrogens is 238 g/mol. The fraction of sp³-hybridized carbons (Fsp3) is 0.867. The molecule has 5 N–H and O–H groups in total. The first-order valence-electron chi connectivity index (χ1n) is 7.44. The van der Waals surface area contributed by atoms with Gasteiger partial charge in [-0.25, -0.2) is 5.84 Å². The molecule has 19 heavy (non-hydrogen) atoms. The Kier molecular flexibility index (Phi) is 4.11. The van der Waals surface area contributed by atoms with Crippen LogP contribution in [0.1, 0.15) is 46.5 Å². The van der Waals surface area contributed by atoms with Crippen LogP contribution in [0.4, 0.5) is 0 Å². The van der Waals surface area contributed by atoms with Crippen molar-refractivity contribution in [3.8, 4) is 0 Å². The molecule has 0 aliphatic heterocycles. The molecule has 1 unspecified atom stereocenters. The first kappa shape index (κ1) is 14.7. The molecule has 0 aromatic rings. The van der Waals surface area contributed by atoms with Gasteiger partial charge in [-0.15, -0.1) is 0 Å². The Bertz CT molecular complexity index is 359. The van der Waals surface area contributed by atoms with Crippen LogP contribution in [0.15, 0.2) is 11.4 Å². The lowest BCUT2D eigenvalue weighted by Gasteiger charge is -2.31. The number of nitrogens with two attached hydrogens (primary N) is 2. The molecule has 0 saturated heterocycles. The molecule has 0 aromatic carbocycles. The van der Waals surface area contributed by atoms with Gasteiger partial charge in [0.1, 0.15) is 0 Å². The van der Waals surface area contributed by atoms with Crippen molar-refractivity contribution in [3.63, 3.8) is 0 Å². The minimum atomic E-state index is 0.167. The van der Waals surface area contributed by atoms with Gasteiger partial charge in [0.2, 0.25) is 0 Å². The third-order valence-electron chi connectivity index (χ3n) is 4.54. The van der Waals surface area contributed by atoms with Gasteiger partial charge in [-0.2, -0.15) is 0 Å². The van der Waals surface area contributed by atoms with Gasteiger partial charge in [-0.05, 0) is 48.9 Å². The Morgan fingerprint density at radius 2 is 1.79 bits per heavy atom. The lowest BCUT2D eigenvalue weighted by molar-refractivity contribution is 0.226. The van der Waals surface area contributed by atoms with Crippen molar-refractivity contribution in [3.05, 3.63) is 11.4 Å². The molecule has 0 radical (unpaired) electrons. The van der Waals surface area contributed by atoms with Crippen LogP contribution in [0.3, 0.4) is 0 Å². The third kappa shape index (κ3) is 3.42. The average Bonchev–Trinajstić information content (AvgIpc) is 2.93. The summed E-state index contributed by atoms with van der Waals surface area (Å²) >= 11 is 0. The first-order valence-corrected chi connectivity index (χ1v) is 7.44. The molecule has 2 aliphatic rings. The van der Waals surface area contributed by atoms with Crippen LogP contribution in [0.5, 0.6) is 0 Å². The maximum atomic E-state index is 9.33. The number of rotatable bonds is 3. The lowest BCUT2D eigenvalue weighted by atomic mass is 9.95. The smallest absolute Gasteiger partial charge is 0.0478 e. The van der Waals surface area contributed by atoms with E-state index in [0.717, 1.165) is 43.6 Å². The summed E-state index contributed by atoms with van der Waals surface area (Å²) in [6.45, 7) is 7.71. The topological polar surface area (TPSA) is 75.5 Å². The van der Waals surface area contributed by atoms with Gasteiger partial charge in [0.25, 0.3) is 0 Å². The summed E-state index contributed by atoms with van der Waals surface area (Å²) in [4.78, 5) is 0. The van der Waals surface area contributed by atoms with E-state index in [4.69, 9.17) is 11.6 Å². The van der Waals surface area contributed by atoms with Crippen LogP contribution >= 0.6 is 0 Å². The van der Waals surface area contributed by atoms with Gasteiger partial charge in [-0.3, -0.25) is 0 Å². The van der Waals surface area contributed by atoms with E-state index in [1.54, 1.807) is 0 Å². The summed E-state index contributed by atoms with van der Waals surface area (Å²) in [5.41, 5.74) is 8.47. The summed E-state index contributed by atoms with van der Waals surface area (Å²) in [5, 5.41) is 11.2. The van der Waals surface area contributed by atoms with Gasteiger partial charge in [0.05, 0.1) is 0 Å². The highest BCUT2D eigenvalue weighted by molar-refractivity contribution is 5.14. The van der Waals surface area contributed by atoms with E-state index in [0.29, 0.717) is 24.4 Å². The quantitative estimate of drug-likeness (QED) is 0.538. The molecule has 0 heterocycles. The molecule has 0 aromatic heterocycles. The summed E-state index contributed by atoms with van der Waals surface area (Å²) in [6.07, 6.45) is 4.10. The van der Waals surface area contributed by atoms with Crippen LogP contribution in [0.25, 0.3) is 0 Å². The Balaban J connectivity index is 2.01. The van der Waals surface area contributed by atoms with Gasteiger partial charge < -0.3 is 15.8 Å². The summed E-state index contributed by atoms with van der Waals surface area (Å²) in [6, 6.07) is 0. The standard InChI is InChI=1S/C15H29N3O/c1-15(2,3)9-18(17)14-7-5-11-10(12(11)8-19)4-6-13(14)16/h10-12,19H,4-9,16-17H2,1-3H3/b14-13-/t10-,11?,12-/m1/s1. The van der Waals surface area contributed by atoms with Gasteiger partial charge >= 0.3 is 0 Å². The van der Waals surface area contributed by atoms with E-state index >= 15 is 0 Å². The highest BCUT2D eigenvalue weighted by atomic mass is 16.3. The second-order valence-corrected chi connectivity index (χ2v) is 7.41. The SMILES string of the molecule is CC(C)(C)CN(N)/C1=C(\N)CC[C@@H]2C(CC1)[C@@H]2CO. The zero-order chi connectivity index (χ0) is 14.2. The van der Waals surface area contributed by atoms with Crippen LogP contribution in [-0.4, -0.2) is 23.3 Å². The minimum absolute atomic E-state index is 0.167. The number of aliphatic hydroxyl groups is 1. The first-order chi connectivity index (χ1) is 8.83. The minimum Gasteiger partial charge on any atom is -0.401 e. The van der Waals surface area contributed by atoms with E-state index in [2.05, 4.69) is 20.8 Å². The fourth-order valence-corrected chi connectivity index (χ4v) is 3.52. The van der Waals surface area contributed by atoms with Crippen molar-refractivity contribution in [2.45, 2.75) is 46.5 Å². The second kappa shape index (κ2) is 5.33. The number of fused-ring (bicyclic) bond motifs is 1. The summed E-state index contributed by atoms with van der Waals surface area (Å²) in [7, 11) is 0. The molecule has 110 valence electrons. The molecule has 3 atom stereocenters. The largest absolute Gasteiger partial charge is 0.401 e. The maximum Gasteiger partial charge on any atom is 0.0478 e. The molecular formula is C15H29N3O. The second-order valence-electron chi connectivity index (χ2n) is 7.41. The number of hydrogen-bond donors (Lipinski definition) is 3. The van der Waals surface area contributed by atoms with E-state index in [-0.39, 0.29) is 5.41 Å². The fourth-order valence-electron chi connectivity index (χ4n) is 3.52. The molecule has 4 heteroatoms. The average molecular weight is 267 g/mol. The maximum absolute atomic E-state index is 9.33. The van der Waals surface area contributed by atoms with Crippen LogP contribution in [0, 0.1) is 23.2 Å². The number of hydrogen-bond acceptors (Lipinski definition) is 4. The van der Waals surface area contributed by atoms with E-state index < -0.39 is 0 Å². The predicted molar refractivity (Wildman–Crippen MR) is 77.6 cm³/mol. The van der Waals surface area contributed by atoms with Gasteiger partial charge in [0.15, 0.2) is 0 Å². The Morgan fingerprint density at radius 3 is 2.32 bits per heavy atom. The monoisotopic (exact) mass is 267 g/mol. The van der Waals surface area contributed by atoms with Crippen molar-refractivity contribution in [1.82, 2.24) is 5.01 Å². The molecule has 4 nitrogen and oxygen atoms in total. The third-order valence-corrected chi connectivity index (χ3v) is 4.54. The zero-order valence-corrected chi connectivity index (χ0v) is 12.5. The van der Waals surface area contributed by atoms with Crippen LogP contribution in [-0.2, 0) is 0 Å². The van der Waals surface area contributed by atoms with E-state index in [1.165, 1.54) is 0 Å². The molecule has 1 saturated carbocycles. The number of hydrazine groups is 1. The Labute approximate surface area is 116 Å². The van der Waals surface area contributed by atoms with Crippen LogP contribution < -0.4 is 11.6 Å². The van der Waals surface area contributed by atoms with Crippen molar-refractivity contribution in [2.75, 3.05) is 13.2 Å². The van der Waals surface area contributed by atoms with Crippen molar-refractivity contribution < 1.29 is 5.11 Å². The number of aliphatic hydroxyl groups excluding tert-OH is 1.